The van der Waals surface area contributed by atoms with Crippen LogP contribution in [0.3, 0.4) is 0 Å². The zero-order valence-corrected chi connectivity index (χ0v) is 14.8. The summed E-state index contributed by atoms with van der Waals surface area (Å²) in [6.45, 7) is 2.42. The molecule has 1 atom stereocenters. The van der Waals surface area contributed by atoms with Crippen molar-refractivity contribution in [1.29, 1.82) is 0 Å². The van der Waals surface area contributed by atoms with Crippen molar-refractivity contribution in [1.82, 2.24) is 10.3 Å². The lowest BCUT2D eigenvalue weighted by Gasteiger charge is -2.35. The number of piperidine rings is 1. The average Bonchev–Trinajstić information content (AvgIpc) is 3.07. The van der Waals surface area contributed by atoms with Gasteiger partial charge in [0.15, 0.2) is 5.58 Å². The van der Waals surface area contributed by atoms with Crippen molar-refractivity contribution in [3.8, 4) is 0 Å². The van der Waals surface area contributed by atoms with Gasteiger partial charge in [-0.3, -0.25) is 4.98 Å². The minimum Gasteiger partial charge on any atom is -0.478 e. The highest BCUT2D eigenvalue weighted by atomic mass is 16.4. The molecule has 7 nitrogen and oxygen atoms in total. The normalized spacial score (nSPS) is 17.3. The van der Waals surface area contributed by atoms with E-state index in [-0.39, 0.29) is 0 Å². The Morgan fingerprint density at radius 2 is 2.07 bits per heavy atom. The average molecular weight is 367 g/mol. The van der Waals surface area contributed by atoms with Crippen LogP contribution < -0.4 is 16.0 Å². The van der Waals surface area contributed by atoms with Crippen molar-refractivity contribution in [3.63, 3.8) is 0 Å². The fourth-order valence-electron chi connectivity index (χ4n) is 3.62. The van der Waals surface area contributed by atoms with Crippen LogP contribution >= 0.6 is 0 Å². The lowest BCUT2D eigenvalue weighted by Crippen LogP contribution is -2.45. The van der Waals surface area contributed by atoms with E-state index >= 15 is 0 Å². The van der Waals surface area contributed by atoms with Gasteiger partial charge in [-0.15, -0.1) is 0 Å². The third-order valence-corrected chi connectivity index (χ3v) is 5.01. The minimum atomic E-state index is -0.912. The fourth-order valence-corrected chi connectivity index (χ4v) is 3.62. The van der Waals surface area contributed by atoms with Gasteiger partial charge in [0.1, 0.15) is 0 Å². The van der Waals surface area contributed by atoms with E-state index in [1.54, 1.807) is 12.1 Å². The summed E-state index contributed by atoms with van der Waals surface area (Å²) in [6.07, 6.45) is 2.12. The highest BCUT2D eigenvalue weighted by Gasteiger charge is 2.20. The highest BCUT2D eigenvalue weighted by Crippen LogP contribution is 2.21. The fraction of sp³-hybridized carbons (Fsp3) is 0.300. The number of aromatic amines is 1. The summed E-state index contributed by atoms with van der Waals surface area (Å²) >= 11 is 0. The van der Waals surface area contributed by atoms with Crippen LogP contribution in [0.4, 0.5) is 5.69 Å². The smallest absolute Gasteiger partial charge is 0.417 e. The second kappa shape index (κ2) is 7.28. The second-order valence-electron chi connectivity index (χ2n) is 6.83. The van der Waals surface area contributed by atoms with Gasteiger partial charge in [0, 0.05) is 36.9 Å². The molecule has 0 bridgehead atoms. The van der Waals surface area contributed by atoms with Crippen LogP contribution in [0.15, 0.2) is 51.7 Å². The molecule has 1 unspecified atom stereocenters. The van der Waals surface area contributed by atoms with Crippen molar-refractivity contribution in [2.45, 2.75) is 25.4 Å². The van der Waals surface area contributed by atoms with Gasteiger partial charge in [0.2, 0.25) is 0 Å². The molecular weight excluding hydrogens is 346 g/mol. The number of carboxylic acid groups (broad SMARTS) is 1. The number of para-hydroxylation sites is 1. The SMILES string of the molecule is O=C(O)c1ccc(N2CCCC(NCc3cccc4[nH]c(=O)oc34)C2)cc1. The number of nitrogens with one attached hydrogen (secondary N) is 2. The lowest BCUT2D eigenvalue weighted by atomic mass is 10.0. The Kier molecular flexibility index (Phi) is 4.68. The van der Waals surface area contributed by atoms with E-state index in [0.29, 0.717) is 29.2 Å². The van der Waals surface area contributed by atoms with Crippen LogP contribution in [0.2, 0.25) is 0 Å². The minimum absolute atomic E-state index is 0.298. The van der Waals surface area contributed by atoms with Gasteiger partial charge in [-0.25, -0.2) is 9.59 Å². The molecule has 0 amide bonds. The Morgan fingerprint density at radius 3 is 2.85 bits per heavy atom. The predicted octanol–water partition coefficient (Wildman–Crippen LogP) is 2.58. The first kappa shape index (κ1) is 17.4. The summed E-state index contributed by atoms with van der Waals surface area (Å²) < 4.78 is 5.25. The summed E-state index contributed by atoms with van der Waals surface area (Å²) in [5, 5.41) is 12.6. The number of carboxylic acids is 1. The Balaban J connectivity index is 1.42. The Labute approximate surface area is 155 Å². The number of H-pyrrole nitrogens is 1. The summed E-state index contributed by atoms with van der Waals surface area (Å²) in [7, 11) is 0. The Hall–Kier alpha value is -3.06. The molecule has 3 N–H and O–H groups in total. The molecule has 2 aromatic carbocycles. The maximum atomic E-state index is 11.4. The van der Waals surface area contributed by atoms with Crippen molar-refractivity contribution >= 4 is 22.8 Å². The van der Waals surface area contributed by atoms with Gasteiger partial charge in [0.05, 0.1) is 11.1 Å². The summed E-state index contributed by atoms with van der Waals surface area (Å²) in [5.41, 5.74) is 3.60. The summed E-state index contributed by atoms with van der Waals surface area (Å²) in [4.78, 5) is 27.4. The number of fused-ring (bicyclic) bond motifs is 1. The van der Waals surface area contributed by atoms with Crippen LogP contribution in [0, 0.1) is 0 Å². The van der Waals surface area contributed by atoms with Crippen LogP contribution in [0.1, 0.15) is 28.8 Å². The lowest BCUT2D eigenvalue weighted by molar-refractivity contribution is 0.0697. The summed E-state index contributed by atoms with van der Waals surface area (Å²) in [5.74, 6) is -1.35. The number of anilines is 1. The molecule has 1 fully saturated rings. The van der Waals surface area contributed by atoms with E-state index in [1.807, 2.05) is 30.3 Å². The van der Waals surface area contributed by atoms with Gasteiger partial charge in [0.25, 0.3) is 0 Å². The molecule has 1 saturated heterocycles. The molecule has 4 rings (SSSR count). The number of benzene rings is 2. The van der Waals surface area contributed by atoms with Crippen LogP contribution in [0.25, 0.3) is 11.1 Å². The van der Waals surface area contributed by atoms with Crippen molar-refractivity contribution in [2.75, 3.05) is 18.0 Å². The molecule has 0 saturated carbocycles. The number of aromatic carboxylic acids is 1. The van der Waals surface area contributed by atoms with Crippen molar-refractivity contribution < 1.29 is 14.3 Å². The molecule has 27 heavy (non-hydrogen) atoms. The van der Waals surface area contributed by atoms with Gasteiger partial charge in [-0.1, -0.05) is 12.1 Å². The van der Waals surface area contributed by atoms with Gasteiger partial charge >= 0.3 is 11.7 Å². The zero-order valence-electron chi connectivity index (χ0n) is 14.8. The number of rotatable bonds is 5. The number of hydrogen-bond acceptors (Lipinski definition) is 5. The first-order chi connectivity index (χ1) is 13.1. The number of nitrogens with zero attached hydrogens (tertiary/aromatic N) is 1. The molecule has 140 valence electrons. The van der Waals surface area contributed by atoms with Crippen LogP contribution in [-0.4, -0.2) is 35.2 Å². The Morgan fingerprint density at radius 1 is 1.26 bits per heavy atom. The zero-order chi connectivity index (χ0) is 18.8. The molecule has 0 spiro atoms. The number of oxazole rings is 1. The van der Waals surface area contributed by atoms with Gasteiger partial charge in [-0.05, 0) is 43.2 Å². The largest absolute Gasteiger partial charge is 0.478 e. The van der Waals surface area contributed by atoms with E-state index < -0.39 is 11.7 Å². The second-order valence-corrected chi connectivity index (χ2v) is 6.83. The topological polar surface area (TPSA) is 98.6 Å². The first-order valence-corrected chi connectivity index (χ1v) is 9.02. The standard InChI is InChI=1S/C20H21N3O4/c24-19(25)13-6-8-16(9-7-13)23-10-2-4-15(12-23)21-11-14-3-1-5-17-18(14)27-20(26)22-17/h1,3,5-9,15,21H,2,4,10-12H2,(H,22,26)(H,24,25). The van der Waals surface area contributed by atoms with Crippen LogP contribution in [-0.2, 0) is 6.54 Å². The highest BCUT2D eigenvalue weighted by molar-refractivity contribution is 5.88. The third kappa shape index (κ3) is 3.73. The number of aromatic nitrogens is 1. The van der Waals surface area contributed by atoms with Gasteiger partial charge in [-0.2, -0.15) is 0 Å². The number of hydrogen-bond donors (Lipinski definition) is 3. The van der Waals surface area contributed by atoms with Crippen LogP contribution in [0.5, 0.6) is 0 Å². The maximum absolute atomic E-state index is 11.4. The molecule has 0 aliphatic carbocycles. The summed E-state index contributed by atoms with van der Waals surface area (Å²) in [6, 6.07) is 13.0. The maximum Gasteiger partial charge on any atom is 0.417 e. The molecule has 1 aliphatic rings. The van der Waals surface area contributed by atoms with E-state index in [2.05, 4.69) is 15.2 Å². The third-order valence-electron chi connectivity index (χ3n) is 5.01. The molecule has 1 aliphatic heterocycles. The molecule has 3 aromatic rings. The predicted molar refractivity (Wildman–Crippen MR) is 102 cm³/mol. The van der Waals surface area contributed by atoms with E-state index in [0.717, 1.165) is 37.2 Å². The molecule has 1 aromatic heterocycles. The van der Waals surface area contributed by atoms with Gasteiger partial charge < -0.3 is 19.7 Å². The van der Waals surface area contributed by atoms with E-state index in [4.69, 9.17) is 9.52 Å². The van der Waals surface area contributed by atoms with E-state index in [9.17, 15) is 9.59 Å². The molecule has 2 heterocycles. The quantitative estimate of drug-likeness (QED) is 0.641. The monoisotopic (exact) mass is 367 g/mol. The Bertz CT molecular complexity index is 1010. The first-order valence-electron chi connectivity index (χ1n) is 9.02. The van der Waals surface area contributed by atoms with E-state index in [1.165, 1.54) is 0 Å². The number of carbonyl (C=O) groups is 1. The molecule has 7 heteroatoms. The molecular formula is C20H21N3O4. The van der Waals surface area contributed by atoms with Crippen molar-refractivity contribution in [2.24, 2.45) is 0 Å². The molecule has 0 radical (unpaired) electrons. The van der Waals surface area contributed by atoms with Crippen molar-refractivity contribution in [3.05, 3.63) is 64.1 Å².